The lowest BCUT2D eigenvalue weighted by Gasteiger charge is -2.36. The van der Waals surface area contributed by atoms with Gasteiger partial charge >= 0.3 is 0 Å². The van der Waals surface area contributed by atoms with Crippen LogP contribution < -0.4 is 5.32 Å². The summed E-state index contributed by atoms with van der Waals surface area (Å²) >= 11 is 6.47. The summed E-state index contributed by atoms with van der Waals surface area (Å²) in [5.41, 5.74) is 2.72. The van der Waals surface area contributed by atoms with Crippen molar-refractivity contribution in [3.8, 4) is 0 Å². The third-order valence-corrected chi connectivity index (χ3v) is 4.51. The zero-order valence-corrected chi connectivity index (χ0v) is 14.2. The summed E-state index contributed by atoms with van der Waals surface area (Å²) in [6.07, 6.45) is 2.72. The van der Waals surface area contributed by atoms with Crippen LogP contribution in [0.4, 0.5) is 0 Å². The SMILES string of the molecule is Cc1cccc(Cl)c1[C@H](C1CC1)N1CCNCC1.Cl.Cl. The highest BCUT2D eigenvalue weighted by atomic mass is 35.5. The first kappa shape index (κ1) is 18.1. The van der Waals surface area contributed by atoms with Crippen LogP contribution in [0.3, 0.4) is 0 Å². The van der Waals surface area contributed by atoms with Gasteiger partial charge in [-0.2, -0.15) is 0 Å². The number of hydrogen-bond acceptors (Lipinski definition) is 2. The molecule has 0 bridgehead atoms. The minimum absolute atomic E-state index is 0. The maximum Gasteiger partial charge on any atom is 0.0456 e. The molecule has 1 heterocycles. The Bertz CT molecular complexity index is 409. The minimum Gasteiger partial charge on any atom is -0.314 e. The molecule has 1 saturated carbocycles. The summed E-state index contributed by atoms with van der Waals surface area (Å²) in [4.78, 5) is 2.63. The molecule has 2 fully saturated rings. The largest absolute Gasteiger partial charge is 0.314 e. The molecule has 0 radical (unpaired) electrons. The number of benzene rings is 1. The van der Waals surface area contributed by atoms with Gasteiger partial charge in [-0.1, -0.05) is 23.7 Å². The molecule has 5 heteroatoms. The topological polar surface area (TPSA) is 15.3 Å². The molecule has 1 saturated heterocycles. The molecule has 0 unspecified atom stereocenters. The van der Waals surface area contributed by atoms with Crippen LogP contribution >= 0.6 is 36.4 Å². The van der Waals surface area contributed by atoms with Gasteiger partial charge in [0.2, 0.25) is 0 Å². The van der Waals surface area contributed by atoms with Crippen molar-refractivity contribution < 1.29 is 0 Å². The van der Waals surface area contributed by atoms with Gasteiger partial charge in [0, 0.05) is 37.2 Å². The van der Waals surface area contributed by atoms with Crippen molar-refractivity contribution in [3.63, 3.8) is 0 Å². The van der Waals surface area contributed by atoms with Crippen LogP contribution in [0.15, 0.2) is 18.2 Å². The van der Waals surface area contributed by atoms with E-state index in [1.54, 1.807) is 0 Å². The molecule has 3 rings (SSSR count). The lowest BCUT2D eigenvalue weighted by atomic mass is 9.95. The van der Waals surface area contributed by atoms with Crippen LogP contribution in [-0.4, -0.2) is 31.1 Å². The molecule has 1 aliphatic carbocycles. The summed E-state index contributed by atoms with van der Waals surface area (Å²) in [6.45, 7) is 6.69. The molecule has 2 nitrogen and oxygen atoms in total. The van der Waals surface area contributed by atoms with Crippen molar-refractivity contribution in [1.29, 1.82) is 0 Å². The van der Waals surface area contributed by atoms with E-state index in [2.05, 4.69) is 29.3 Å². The fourth-order valence-corrected chi connectivity index (χ4v) is 3.44. The van der Waals surface area contributed by atoms with Crippen LogP contribution in [0.2, 0.25) is 5.02 Å². The van der Waals surface area contributed by atoms with E-state index >= 15 is 0 Å². The van der Waals surface area contributed by atoms with Gasteiger partial charge < -0.3 is 5.32 Å². The Labute approximate surface area is 139 Å². The fourth-order valence-electron chi connectivity index (χ4n) is 3.11. The van der Waals surface area contributed by atoms with E-state index in [0.29, 0.717) is 6.04 Å². The Hall–Kier alpha value is 0.01000. The van der Waals surface area contributed by atoms with Crippen molar-refractivity contribution in [1.82, 2.24) is 10.2 Å². The van der Waals surface area contributed by atoms with Crippen LogP contribution in [0.25, 0.3) is 0 Å². The van der Waals surface area contributed by atoms with Crippen molar-refractivity contribution in [2.75, 3.05) is 26.2 Å². The molecular weight excluding hydrogens is 315 g/mol. The van der Waals surface area contributed by atoms with E-state index in [1.165, 1.54) is 24.0 Å². The van der Waals surface area contributed by atoms with Gasteiger partial charge in [0.25, 0.3) is 0 Å². The highest BCUT2D eigenvalue weighted by molar-refractivity contribution is 6.31. The second kappa shape index (κ2) is 7.86. The number of hydrogen-bond donors (Lipinski definition) is 1. The molecule has 20 heavy (non-hydrogen) atoms. The first-order valence-corrected chi connectivity index (χ1v) is 7.35. The van der Waals surface area contributed by atoms with Crippen LogP contribution in [-0.2, 0) is 0 Å². The molecule has 0 spiro atoms. The Balaban J connectivity index is 0.000001000. The quantitative estimate of drug-likeness (QED) is 0.901. The maximum absolute atomic E-state index is 6.47. The summed E-state index contributed by atoms with van der Waals surface area (Å²) in [5.74, 6) is 0.821. The van der Waals surface area contributed by atoms with E-state index in [9.17, 15) is 0 Å². The van der Waals surface area contributed by atoms with Crippen LogP contribution in [0, 0.1) is 12.8 Å². The maximum atomic E-state index is 6.47. The highest BCUT2D eigenvalue weighted by Crippen LogP contribution is 2.47. The number of aryl methyl sites for hydroxylation is 1. The molecule has 2 aliphatic rings. The normalized spacial score (nSPS) is 20.7. The van der Waals surface area contributed by atoms with E-state index in [4.69, 9.17) is 11.6 Å². The van der Waals surface area contributed by atoms with Gasteiger partial charge in [-0.15, -0.1) is 24.8 Å². The van der Waals surface area contributed by atoms with Crippen LogP contribution in [0.1, 0.15) is 30.0 Å². The Morgan fingerprint density at radius 3 is 2.40 bits per heavy atom. The molecule has 0 aromatic heterocycles. The molecule has 114 valence electrons. The van der Waals surface area contributed by atoms with E-state index in [1.807, 2.05) is 6.07 Å². The number of nitrogens with one attached hydrogen (secondary N) is 1. The molecule has 1 aromatic carbocycles. The lowest BCUT2D eigenvalue weighted by molar-refractivity contribution is 0.156. The third-order valence-electron chi connectivity index (χ3n) is 4.18. The summed E-state index contributed by atoms with van der Waals surface area (Å²) < 4.78 is 0. The number of piperazine rings is 1. The average molecular weight is 338 g/mol. The zero-order valence-electron chi connectivity index (χ0n) is 11.8. The molecular formula is C15H23Cl3N2. The number of rotatable bonds is 3. The van der Waals surface area contributed by atoms with E-state index in [0.717, 1.165) is 37.1 Å². The molecule has 1 atom stereocenters. The summed E-state index contributed by atoms with van der Waals surface area (Å²) in [5, 5.41) is 4.38. The van der Waals surface area contributed by atoms with Crippen molar-refractivity contribution in [3.05, 3.63) is 34.3 Å². The predicted molar refractivity (Wildman–Crippen MR) is 90.6 cm³/mol. The molecule has 1 aromatic rings. The van der Waals surface area contributed by atoms with Gasteiger partial charge in [-0.25, -0.2) is 0 Å². The van der Waals surface area contributed by atoms with Gasteiger partial charge in [-0.05, 0) is 42.9 Å². The minimum atomic E-state index is 0. The molecule has 1 N–H and O–H groups in total. The van der Waals surface area contributed by atoms with Gasteiger partial charge in [0.05, 0.1) is 0 Å². The first-order chi connectivity index (χ1) is 8.77. The van der Waals surface area contributed by atoms with E-state index in [-0.39, 0.29) is 24.8 Å². The first-order valence-electron chi connectivity index (χ1n) is 6.97. The Morgan fingerprint density at radius 1 is 1.20 bits per heavy atom. The second-order valence-electron chi connectivity index (χ2n) is 5.54. The molecule has 1 aliphatic heterocycles. The number of halogens is 3. The monoisotopic (exact) mass is 336 g/mol. The summed E-state index contributed by atoms with van der Waals surface area (Å²) in [6, 6.07) is 6.84. The highest BCUT2D eigenvalue weighted by Gasteiger charge is 2.38. The Morgan fingerprint density at radius 2 is 1.85 bits per heavy atom. The average Bonchev–Trinajstić information content (AvgIpc) is 3.19. The zero-order chi connectivity index (χ0) is 12.5. The van der Waals surface area contributed by atoms with Gasteiger partial charge in [-0.3, -0.25) is 4.90 Å². The molecule has 0 amide bonds. The second-order valence-corrected chi connectivity index (χ2v) is 5.95. The number of nitrogens with zero attached hydrogens (tertiary/aromatic N) is 1. The predicted octanol–water partition coefficient (Wildman–Crippen LogP) is 3.85. The standard InChI is InChI=1S/C15H21ClN2.2ClH/c1-11-3-2-4-13(16)14(11)15(12-5-6-12)18-9-7-17-8-10-18;;/h2-4,12,15,17H,5-10H2,1H3;2*1H/t15-;;/m0../s1. The van der Waals surface area contributed by atoms with Gasteiger partial charge in [0.15, 0.2) is 0 Å². The third kappa shape index (κ3) is 3.80. The summed E-state index contributed by atoms with van der Waals surface area (Å²) in [7, 11) is 0. The Kier molecular flexibility index (Phi) is 7.10. The lowest BCUT2D eigenvalue weighted by Crippen LogP contribution is -2.45. The van der Waals surface area contributed by atoms with Gasteiger partial charge in [0.1, 0.15) is 0 Å². The van der Waals surface area contributed by atoms with Crippen molar-refractivity contribution in [2.45, 2.75) is 25.8 Å². The smallest absolute Gasteiger partial charge is 0.0456 e. The van der Waals surface area contributed by atoms with Crippen molar-refractivity contribution >= 4 is 36.4 Å². The fraction of sp³-hybridized carbons (Fsp3) is 0.600. The van der Waals surface area contributed by atoms with Crippen molar-refractivity contribution in [2.24, 2.45) is 5.92 Å². The van der Waals surface area contributed by atoms with Crippen LogP contribution in [0.5, 0.6) is 0 Å². The van der Waals surface area contributed by atoms with E-state index < -0.39 is 0 Å².